The van der Waals surface area contributed by atoms with Gasteiger partial charge in [0.25, 0.3) is 0 Å². The van der Waals surface area contributed by atoms with Gasteiger partial charge < -0.3 is 10.1 Å². The Balaban J connectivity index is 1.92. The van der Waals surface area contributed by atoms with Gasteiger partial charge in [-0.05, 0) is 57.4 Å². The molecule has 0 spiro atoms. The number of ether oxygens (including phenoxy) is 1. The third-order valence-corrected chi connectivity index (χ3v) is 6.17. The third-order valence-electron chi connectivity index (χ3n) is 4.34. The molecule has 0 radical (unpaired) electrons. The molecule has 2 rings (SSSR count). The summed E-state index contributed by atoms with van der Waals surface area (Å²) in [6, 6.07) is 13.2. The normalized spacial score (nSPS) is 13.5. The Hall–Kier alpha value is -2.09. The Morgan fingerprint density at radius 3 is 2.45 bits per heavy atom. The number of carbonyl (C=O) groups is 1. The number of sulfonamides is 1. The molecule has 0 aliphatic carbocycles. The van der Waals surface area contributed by atoms with Crippen LogP contribution in [-0.4, -0.2) is 33.0 Å². The number of hydrogen-bond donors (Lipinski definition) is 2. The van der Waals surface area contributed by atoms with Crippen molar-refractivity contribution in [2.24, 2.45) is 0 Å². The summed E-state index contributed by atoms with van der Waals surface area (Å²) in [7, 11) is -3.90. The van der Waals surface area contributed by atoms with Crippen molar-refractivity contribution >= 4 is 27.5 Å². The van der Waals surface area contributed by atoms with Gasteiger partial charge in [0, 0.05) is 6.04 Å². The molecule has 0 saturated carbocycles. The molecule has 158 valence electrons. The summed E-state index contributed by atoms with van der Waals surface area (Å²) in [5.74, 6) is 0.0253. The van der Waals surface area contributed by atoms with E-state index >= 15 is 0 Å². The van der Waals surface area contributed by atoms with Crippen molar-refractivity contribution in [1.29, 1.82) is 0 Å². The van der Waals surface area contributed by atoms with Gasteiger partial charge in [-0.1, -0.05) is 41.9 Å². The summed E-state index contributed by atoms with van der Waals surface area (Å²) < 4.78 is 32.9. The van der Waals surface area contributed by atoms with Gasteiger partial charge >= 0.3 is 0 Å². The second-order valence-corrected chi connectivity index (χ2v) is 8.92. The van der Waals surface area contributed by atoms with Crippen LogP contribution in [0.1, 0.15) is 32.8 Å². The molecule has 0 aliphatic heterocycles. The van der Waals surface area contributed by atoms with E-state index in [2.05, 4.69) is 10.0 Å². The smallest absolute Gasteiger partial charge is 0.241 e. The van der Waals surface area contributed by atoms with E-state index in [1.54, 1.807) is 0 Å². The highest BCUT2D eigenvalue weighted by molar-refractivity contribution is 7.89. The minimum Gasteiger partial charge on any atom is -0.492 e. The molecule has 6 nitrogen and oxygen atoms in total. The van der Waals surface area contributed by atoms with Crippen molar-refractivity contribution in [2.75, 3.05) is 6.61 Å². The van der Waals surface area contributed by atoms with Gasteiger partial charge in [-0.15, -0.1) is 0 Å². The lowest BCUT2D eigenvalue weighted by molar-refractivity contribution is -0.123. The van der Waals surface area contributed by atoms with Gasteiger partial charge in [0.15, 0.2) is 0 Å². The second-order valence-electron chi connectivity index (χ2n) is 6.80. The predicted octanol–water partition coefficient (Wildman–Crippen LogP) is 3.54. The van der Waals surface area contributed by atoms with E-state index in [9.17, 15) is 13.2 Å². The summed E-state index contributed by atoms with van der Waals surface area (Å²) in [5.41, 5.74) is 1.19. The minimum absolute atomic E-state index is 0.0253. The van der Waals surface area contributed by atoms with Crippen LogP contribution in [0.2, 0.25) is 5.02 Å². The van der Waals surface area contributed by atoms with Crippen molar-refractivity contribution in [3.05, 3.63) is 59.1 Å². The van der Waals surface area contributed by atoms with Gasteiger partial charge in [-0.25, -0.2) is 8.42 Å². The van der Waals surface area contributed by atoms with E-state index in [-0.39, 0.29) is 21.9 Å². The lowest BCUT2D eigenvalue weighted by Gasteiger charge is -2.19. The zero-order chi connectivity index (χ0) is 21.4. The molecule has 2 aromatic carbocycles. The van der Waals surface area contributed by atoms with Crippen LogP contribution < -0.4 is 14.8 Å². The first kappa shape index (κ1) is 23.2. The lowest BCUT2D eigenvalue weighted by atomic mass is 10.1. The van der Waals surface area contributed by atoms with Gasteiger partial charge in [-0.3, -0.25) is 4.79 Å². The molecule has 0 saturated heterocycles. The first-order valence-electron chi connectivity index (χ1n) is 9.52. The largest absolute Gasteiger partial charge is 0.492 e. The zero-order valence-electron chi connectivity index (χ0n) is 16.8. The fraction of sp³-hybridized carbons (Fsp3) is 0.381. The SMILES string of the molecule is CCOc1ccc(S(=O)(=O)N[C@@H](C)C(=O)N[C@@H](C)CCc2ccccc2)cc1Cl. The number of carbonyl (C=O) groups excluding carboxylic acids is 1. The second kappa shape index (κ2) is 10.6. The maximum absolute atomic E-state index is 12.6. The fourth-order valence-electron chi connectivity index (χ4n) is 2.74. The molecule has 0 fully saturated rings. The topological polar surface area (TPSA) is 84.5 Å². The van der Waals surface area contributed by atoms with Crippen molar-refractivity contribution < 1.29 is 17.9 Å². The van der Waals surface area contributed by atoms with Gasteiger partial charge in [0.2, 0.25) is 15.9 Å². The van der Waals surface area contributed by atoms with Crippen LogP contribution in [0.3, 0.4) is 0 Å². The lowest BCUT2D eigenvalue weighted by Crippen LogP contribution is -2.47. The van der Waals surface area contributed by atoms with Crippen LogP contribution in [0.5, 0.6) is 5.75 Å². The number of rotatable bonds is 10. The van der Waals surface area contributed by atoms with Crippen LogP contribution >= 0.6 is 11.6 Å². The molecule has 8 heteroatoms. The fourth-order valence-corrected chi connectivity index (χ4v) is 4.27. The molecule has 2 aromatic rings. The number of benzene rings is 2. The summed E-state index contributed by atoms with van der Waals surface area (Å²) in [6.45, 7) is 5.63. The third kappa shape index (κ3) is 7.03. The van der Waals surface area contributed by atoms with E-state index < -0.39 is 16.1 Å². The van der Waals surface area contributed by atoms with E-state index in [1.165, 1.54) is 30.7 Å². The van der Waals surface area contributed by atoms with Crippen molar-refractivity contribution in [3.8, 4) is 5.75 Å². The molecule has 29 heavy (non-hydrogen) atoms. The maximum Gasteiger partial charge on any atom is 0.241 e. The molecule has 0 heterocycles. The number of aryl methyl sites for hydroxylation is 1. The Morgan fingerprint density at radius 2 is 1.83 bits per heavy atom. The standard InChI is InChI=1S/C21H27ClN2O4S/c1-4-28-20-13-12-18(14-19(20)22)29(26,27)24-16(3)21(25)23-15(2)10-11-17-8-6-5-7-9-17/h5-9,12-16,24H,4,10-11H2,1-3H3,(H,23,25)/t15-,16-/m0/s1. The Labute approximate surface area is 177 Å². The average Bonchev–Trinajstić information content (AvgIpc) is 2.68. The first-order chi connectivity index (χ1) is 13.7. The highest BCUT2D eigenvalue weighted by Crippen LogP contribution is 2.27. The molecule has 0 unspecified atom stereocenters. The predicted molar refractivity (Wildman–Crippen MR) is 115 cm³/mol. The molecule has 2 atom stereocenters. The van der Waals surface area contributed by atoms with Gasteiger partial charge in [0.1, 0.15) is 5.75 Å². The van der Waals surface area contributed by atoms with E-state index in [0.29, 0.717) is 12.4 Å². The first-order valence-corrected chi connectivity index (χ1v) is 11.4. The minimum atomic E-state index is -3.90. The van der Waals surface area contributed by atoms with Crippen LogP contribution in [0, 0.1) is 0 Å². The Kier molecular flexibility index (Phi) is 8.49. The van der Waals surface area contributed by atoms with Crippen molar-refractivity contribution in [1.82, 2.24) is 10.0 Å². The molecule has 0 aliphatic rings. The van der Waals surface area contributed by atoms with Crippen LogP contribution in [0.15, 0.2) is 53.4 Å². The number of nitrogens with one attached hydrogen (secondary N) is 2. The van der Waals surface area contributed by atoms with Gasteiger partial charge in [-0.2, -0.15) is 4.72 Å². The number of halogens is 1. The molecule has 0 bridgehead atoms. The molecule has 1 amide bonds. The van der Waals surface area contributed by atoms with E-state index in [4.69, 9.17) is 16.3 Å². The number of amides is 1. The highest BCUT2D eigenvalue weighted by atomic mass is 35.5. The van der Waals surface area contributed by atoms with Crippen LogP contribution in [0.25, 0.3) is 0 Å². The monoisotopic (exact) mass is 438 g/mol. The summed E-state index contributed by atoms with van der Waals surface area (Å²) in [6.07, 6.45) is 1.58. The molecular formula is C21H27ClN2O4S. The quantitative estimate of drug-likeness (QED) is 0.594. The summed E-state index contributed by atoms with van der Waals surface area (Å²) in [5, 5.41) is 3.04. The Bertz CT molecular complexity index is 920. The van der Waals surface area contributed by atoms with Crippen LogP contribution in [-0.2, 0) is 21.2 Å². The molecule has 2 N–H and O–H groups in total. The summed E-state index contributed by atoms with van der Waals surface area (Å²) >= 11 is 6.07. The van der Waals surface area contributed by atoms with E-state index in [0.717, 1.165) is 12.8 Å². The maximum atomic E-state index is 12.6. The molecule has 0 aromatic heterocycles. The summed E-state index contributed by atoms with van der Waals surface area (Å²) in [4.78, 5) is 12.4. The highest BCUT2D eigenvalue weighted by Gasteiger charge is 2.23. The van der Waals surface area contributed by atoms with E-state index in [1.807, 2.05) is 44.2 Å². The van der Waals surface area contributed by atoms with Crippen molar-refractivity contribution in [3.63, 3.8) is 0 Å². The van der Waals surface area contributed by atoms with Crippen LogP contribution in [0.4, 0.5) is 0 Å². The zero-order valence-corrected chi connectivity index (χ0v) is 18.4. The average molecular weight is 439 g/mol. The Morgan fingerprint density at radius 1 is 1.14 bits per heavy atom. The van der Waals surface area contributed by atoms with Crippen molar-refractivity contribution in [2.45, 2.75) is 50.6 Å². The van der Waals surface area contributed by atoms with Gasteiger partial charge in [0.05, 0.1) is 22.6 Å². The molecular weight excluding hydrogens is 412 g/mol. The number of hydrogen-bond acceptors (Lipinski definition) is 4.